The summed E-state index contributed by atoms with van der Waals surface area (Å²) in [7, 11) is 1.66. The van der Waals surface area contributed by atoms with E-state index in [-0.39, 0.29) is 23.8 Å². The predicted octanol–water partition coefficient (Wildman–Crippen LogP) is 1.69. The van der Waals surface area contributed by atoms with Gasteiger partial charge in [0.25, 0.3) is 5.56 Å². The average Bonchev–Trinajstić information content (AvgIpc) is 2.61. The smallest absolute Gasteiger partial charge is 0.254 e. The minimum atomic E-state index is -0.236. The number of aryl methyl sites for hydroxylation is 1. The number of nitrogens with one attached hydrogen (secondary N) is 1. The van der Waals surface area contributed by atoms with Gasteiger partial charge in [0.05, 0.1) is 12.0 Å². The Morgan fingerprint density at radius 2 is 2.08 bits per heavy atom. The minimum absolute atomic E-state index is 0.0980. The molecule has 0 aromatic carbocycles. The summed E-state index contributed by atoms with van der Waals surface area (Å²) in [5.41, 5.74) is 1.66. The van der Waals surface area contributed by atoms with Crippen LogP contribution in [-0.2, 0) is 11.2 Å². The van der Waals surface area contributed by atoms with Crippen molar-refractivity contribution in [3.63, 3.8) is 0 Å². The molecule has 0 fully saturated rings. The highest BCUT2D eigenvalue weighted by Crippen LogP contribution is 2.13. The maximum absolute atomic E-state index is 12.4. The monoisotopic (exact) mass is 339 g/mol. The van der Waals surface area contributed by atoms with Gasteiger partial charge in [-0.05, 0) is 32.4 Å². The van der Waals surface area contributed by atoms with Gasteiger partial charge in [0.2, 0.25) is 5.91 Å². The quantitative estimate of drug-likeness (QED) is 0.862. The van der Waals surface area contributed by atoms with Crippen molar-refractivity contribution in [1.82, 2.24) is 19.9 Å². The highest BCUT2D eigenvalue weighted by atomic mass is 16.2. The van der Waals surface area contributed by atoms with Crippen molar-refractivity contribution in [3.05, 3.63) is 46.1 Å². The lowest BCUT2D eigenvalue weighted by molar-refractivity contribution is -0.130. The Labute approximate surface area is 146 Å². The highest BCUT2D eigenvalue weighted by Gasteiger charge is 2.15. The first kappa shape index (κ1) is 18.3. The number of hydrogen-bond acceptors (Lipinski definition) is 5. The molecule has 1 atom stereocenters. The number of rotatable bonds is 6. The number of H-pyrrole nitrogens is 1. The molecule has 2 heterocycles. The molecule has 25 heavy (non-hydrogen) atoms. The van der Waals surface area contributed by atoms with Crippen molar-refractivity contribution in [2.24, 2.45) is 5.92 Å². The first-order chi connectivity index (χ1) is 11.9. The second-order valence-electron chi connectivity index (χ2n) is 6.02. The number of pyridine rings is 1. The SMILES string of the molecule is Cc1nc(-c2ccncc2)[nH]c(=O)c1CCC(=O)N(C)C[C@H](C)C#N. The van der Waals surface area contributed by atoms with E-state index in [9.17, 15) is 9.59 Å². The molecule has 0 aliphatic rings. The fraction of sp³-hybridized carbons (Fsp3) is 0.389. The Morgan fingerprint density at radius 1 is 1.40 bits per heavy atom. The Kier molecular flexibility index (Phi) is 6.01. The number of aromatic nitrogens is 3. The molecule has 0 aliphatic carbocycles. The zero-order valence-electron chi connectivity index (χ0n) is 14.6. The molecule has 7 heteroatoms. The first-order valence-corrected chi connectivity index (χ1v) is 8.06. The van der Waals surface area contributed by atoms with Gasteiger partial charge in [0.15, 0.2) is 0 Å². The van der Waals surface area contributed by atoms with Crippen molar-refractivity contribution in [3.8, 4) is 17.5 Å². The summed E-state index contributed by atoms with van der Waals surface area (Å²) in [6.45, 7) is 3.91. The number of aromatic amines is 1. The standard InChI is InChI=1S/C18H21N5O2/c1-12(10-19)11-23(3)16(24)5-4-15-13(2)21-17(22-18(15)25)14-6-8-20-9-7-14/h6-9,12H,4-5,11H2,1-3H3,(H,21,22,25)/t12-/m1/s1. The van der Waals surface area contributed by atoms with E-state index in [4.69, 9.17) is 5.26 Å². The van der Waals surface area contributed by atoms with E-state index in [2.05, 4.69) is 21.0 Å². The molecule has 0 saturated heterocycles. The Balaban J connectivity index is 2.10. The Morgan fingerprint density at radius 3 is 2.68 bits per heavy atom. The number of amides is 1. The van der Waals surface area contributed by atoms with E-state index in [0.29, 0.717) is 30.0 Å². The maximum atomic E-state index is 12.4. The van der Waals surface area contributed by atoms with Crippen molar-refractivity contribution < 1.29 is 4.79 Å². The van der Waals surface area contributed by atoms with E-state index in [1.54, 1.807) is 45.4 Å². The first-order valence-electron chi connectivity index (χ1n) is 8.06. The second kappa shape index (κ2) is 8.20. The summed E-state index contributed by atoms with van der Waals surface area (Å²) in [6.07, 6.45) is 3.79. The third-order valence-corrected chi connectivity index (χ3v) is 3.96. The van der Waals surface area contributed by atoms with E-state index in [1.807, 2.05) is 0 Å². The van der Waals surface area contributed by atoms with Crippen LogP contribution in [0.5, 0.6) is 0 Å². The molecule has 0 unspecified atom stereocenters. The summed E-state index contributed by atoms with van der Waals surface area (Å²) in [6, 6.07) is 5.64. The molecule has 2 aromatic heterocycles. The number of nitrogens with zero attached hydrogens (tertiary/aromatic N) is 4. The van der Waals surface area contributed by atoms with Gasteiger partial charge < -0.3 is 9.88 Å². The Bertz CT molecular complexity index is 839. The van der Waals surface area contributed by atoms with Crippen LogP contribution in [0, 0.1) is 24.2 Å². The van der Waals surface area contributed by atoms with Gasteiger partial charge in [-0.1, -0.05) is 0 Å². The second-order valence-corrected chi connectivity index (χ2v) is 6.02. The van der Waals surface area contributed by atoms with Gasteiger partial charge in [0, 0.05) is 49.2 Å². The van der Waals surface area contributed by atoms with Gasteiger partial charge >= 0.3 is 0 Å². The Hall–Kier alpha value is -3.01. The third-order valence-electron chi connectivity index (χ3n) is 3.96. The van der Waals surface area contributed by atoms with Crippen LogP contribution >= 0.6 is 0 Å². The fourth-order valence-corrected chi connectivity index (χ4v) is 2.53. The van der Waals surface area contributed by atoms with Crippen LogP contribution in [0.3, 0.4) is 0 Å². The van der Waals surface area contributed by atoms with Crippen molar-refractivity contribution in [2.45, 2.75) is 26.7 Å². The van der Waals surface area contributed by atoms with Crippen LogP contribution in [0.2, 0.25) is 0 Å². The normalized spacial score (nSPS) is 11.6. The molecule has 0 saturated carbocycles. The zero-order valence-corrected chi connectivity index (χ0v) is 14.6. The predicted molar refractivity (Wildman–Crippen MR) is 93.6 cm³/mol. The molecule has 1 amide bonds. The van der Waals surface area contributed by atoms with E-state index in [0.717, 1.165) is 5.56 Å². The molecule has 130 valence electrons. The molecule has 0 bridgehead atoms. The summed E-state index contributed by atoms with van der Waals surface area (Å²) in [4.78, 5) is 37.2. The largest absolute Gasteiger partial charge is 0.344 e. The van der Waals surface area contributed by atoms with Gasteiger partial charge in [0.1, 0.15) is 5.82 Å². The van der Waals surface area contributed by atoms with Crippen LogP contribution in [-0.4, -0.2) is 39.4 Å². The van der Waals surface area contributed by atoms with Gasteiger partial charge in [-0.25, -0.2) is 4.98 Å². The molecule has 2 rings (SSSR count). The maximum Gasteiger partial charge on any atom is 0.254 e. The summed E-state index contributed by atoms with van der Waals surface area (Å²) in [5, 5.41) is 8.82. The zero-order chi connectivity index (χ0) is 18.4. The van der Waals surface area contributed by atoms with Crippen LogP contribution in [0.4, 0.5) is 0 Å². The van der Waals surface area contributed by atoms with Crippen molar-refractivity contribution in [1.29, 1.82) is 5.26 Å². The molecule has 0 radical (unpaired) electrons. The number of carbonyl (C=O) groups is 1. The van der Waals surface area contributed by atoms with E-state index >= 15 is 0 Å². The van der Waals surface area contributed by atoms with Crippen LogP contribution < -0.4 is 5.56 Å². The van der Waals surface area contributed by atoms with Gasteiger partial charge in [-0.2, -0.15) is 5.26 Å². The number of hydrogen-bond donors (Lipinski definition) is 1. The third kappa shape index (κ3) is 4.73. The number of carbonyl (C=O) groups excluding carboxylic acids is 1. The van der Waals surface area contributed by atoms with Gasteiger partial charge in [-0.15, -0.1) is 0 Å². The summed E-state index contributed by atoms with van der Waals surface area (Å²) < 4.78 is 0. The molecular formula is C18H21N5O2. The highest BCUT2D eigenvalue weighted by molar-refractivity contribution is 5.76. The topological polar surface area (TPSA) is 103 Å². The molecule has 0 aliphatic heterocycles. The van der Waals surface area contributed by atoms with Crippen molar-refractivity contribution in [2.75, 3.05) is 13.6 Å². The van der Waals surface area contributed by atoms with Crippen molar-refractivity contribution >= 4 is 5.91 Å². The van der Waals surface area contributed by atoms with E-state index in [1.165, 1.54) is 4.90 Å². The number of nitriles is 1. The molecular weight excluding hydrogens is 318 g/mol. The van der Waals surface area contributed by atoms with E-state index < -0.39 is 0 Å². The lowest BCUT2D eigenvalue weighted by atomic mass is 10.1. The molecule has 7 nitrogen and oxygen atoms in total. The molecule has 0 spiro atoms. The molecule has 2 aromatic rings. The van der Waals surface area contributed by atoms with Crippen LogP contribution in [0.15, 0.2) is 29.3 Å². The van der Waals surface area contributed by atoms with Gasteiger partial charge in [-0.3, -0.25) is 14.6 Å². The molecule has 1 N–H and O–H groups in total. The summed E-state index contributed by atoms with van der Waals surface area (Å²) in [5.74, 6) is 0.166. The fourth-order valence-electron chi connectivity index (χ4n) is 2.53. The average molecular weight is 339 g/mol. The van der Waals surface area contributed by atoms with Crippen LogP contribution in [0.1, 0.15) is 24.6 Å². The lowest BCUT2D eigenvalue weighted by Crippen LogP contribution is -2.31. The van der Waals surface area contributed by atoms with Crippen LogP contribution in [0.25, 0.3) is 11.4 Å². The minimum Gasteiger partial charge on any atom is -0.344 e. The summed E-state index contributed by atoms with van der Waals surface area (Å²) >= 11 is 0. The lowest BCUT2D eigenvalue weighted by Gasteiger charge is -2.18.